The maximum absolute atomic E-state index is 12.6. The van der Waals surface area contributed by atoms with Crippen LogP contribution in [0.4, 0.5) is 4.79 Å². The Morgan fingerprint density at radius 3 is 2.40 bits per heavy atom. The van der Waals surface area contributed by atoms with E-state index >= 15 is 0 Å². The molecule has 0 unspecified atom stereocenters. The Morgan fingerprint density at radius 2 is 1.84 bits per heavy atom. The van der Waals surface area contributed by atoms with E-state index in [-0.39, 0.29) is 12.6 Å². The summed E-state index contributed by atoms with van der Waals surface area (Å²) in [6, 6.07) is 8.11. The molecule has 1 saturated heterocycles. The summed E-state index contributed by atoms with van der Waals surface area (Å²) in [5, 5.41) is 11.8. The first-order chi connectivity index (χ1) is 11.7. The molecule has 0 saturated carbocycles. The summed E-state index contributed by atoms with van der Waals surface area (Å²) in [7, 11) is 0. The van der Waals surface area contributed by atoms with Crippen LogP contribution in [0.15, 0.2) is 30.3 Å². The van der Waals surface area contributed by atoms with E-state index in [0.717, 1.165) is 5.56 Å². The first-order valence-electron chi connectivity index (χ1n) is 8.25. The van der Waals surface area contributed by atoms with Gasteiger partial charge < -0.3 is 20.1 Å². The van der Waals surface area contributed by atoms with Gasteiger partial charge in [-0.3, -0.25) is 4.79 Å². The fourth-order valence-electron chi connectivity index (χ4n) is 2.96. The first kappa shape index (κ1) is 18.8. The van der Waals surface area contributed by atoms with Crippen LogP contribution in [0.5, 0.6) is 0 Å². The monoisotopic (exact) mass is 348 g/mol. The Morgan fingerprint density at radius 1 is 1.20 bits per heavy atom. The lowest BCUT2D eigenvalue weighted by atomic mass is 10.0. The number of carboxylic acids is 1. The van der Waals surface area contributed by atoms with Crippen molar-refractivity contribution < 1.29 is 24.2 Å². The van der Waals surface area contributed by atoms with Crippen molar-refractivity contribution >= 4 is 18.0 Å². The summed E-state index contributed by atoms with van der Waals surface area (Å²) in [5.41, 5.74) is 0.216. The fraction of sp³-hybridized carbons (Fsp3) is 0.500. The second kappa shape index (κ2) is 7.55. The molecule has 1 aliphatic heterocycles. The minimum atomic E-state index is -1.04. The van der Waals surface area contributed by atoms with Crippen LogP contribution in [0.1, 0.15) is 45.2 Å². The number of benzene rings is 1. The molecule has 7 heteroatoms. The molecule has 0 spiro atoms. The Balaban J connectivity index is 2.09. The number of amides is 2. The van der Waals surface area contributed by atoms with Crippen molar-refractivity contribution in [2.75, 3.05) is 6.54 Å². The molecule has 0 bridgehead atoms. The number of nitrogens with one attached hydrogen (secondary N) is 1. The van der Waals surface area contributed by atoms with Gasteiger partial charge in [-0.15, -0.1) is 0 Å². The highest BCUT2D eigenvalue weighted by molar-refractivity contribution is 5.87. The van der Waals surface area contributed by atoms with Crippen LogP contribution in [-0.2, 0) is 14.3 Å². The molecule has 25 heavy (non-hydrogen) atoms. The predicted molar refractivity (Wildman–Crippen MR) is 90.9 cm³/mol. The number of carboxylic acid groups (broad SMARTS) is 1. The van der Waals surface area contributed by atoms with Gasteiger partial charge in [0.15, 0.2) is 0 Å². The van der Waals surface area contributed by atoms with Crippen LogP contribution in [0.3, 0.4) is 0 Å². The second-order valence-electron chi connectivity index (χ2n) is 7.01. The Kier molecular flexibility index (Phi) is 5.66. The third kappa shape index (κ3) is 4.95. The minimum absolute atomic E-state index is 0.304. The summed E-state index contributed by atoms with van der Waals surface area (Å²) in [4.78, 5) is 37.2. The van der Waals surface area contributed by atoms with Gasteiger partial charge in [0.2, 0.25) is 5.91 Å². The van der Waals surface area contributed by atoms with E-state index in [1.165, 1.54) is 4.90 Å². The van der Waals surface area contributed by atoms with Gasteiger partial charge in [0.1, 0.15) is 18.2 Å². The lowest BCUT2D eigenvalue weighted by Crippen LogP contribution is -2.47. The molecule has 2 amide bonds. The molecule has 136 valence electrons. The number of hydrogen-bond donors (Lipinski definition) is 2. The molecule has 1 aromatic carbocycles. The maximum atomic E-state index is 12.6. The van der Waals surface area contributed by atoms with Crippen molar-refractivity contribution in [1.29, 1.82) is 0 Å². The van der Waals surface area contributed by atoms with Crippen molar-refractivity contribution in [2.45, 2.75) is 51.3 Å². The first-order valence-corrected chi connectivity index (χ1v) is 8.25. The van der Waals surface area contributed by atoms with E-state index < -0.39 is 29.6 Å². The molecular weight excluding hydrogens is 324 g/mol. The van der Waals surface area contributed by atoms with E-state index in [0.29, 0.717) is 12.8 Å². The molecule has 0 aliphatic carbocycles. The molecule has 0 radical (unpaired) electrons. The predicted octanol–water partition coefficient (Wildman–Crippen LogP) is 2.33. The fourth-order valence-corrected chi connectivity index (χ4v) is 2.96. The third-order valence-electron chi connectivity index (χ3n) is 3.93. The zero-order valence-electron chi connectivity index (χ0n) is 14.7. The molecule has 1 aromatic rings. The van der Waals surface area contributed by atoms with Crippen LogP contribution >= 0.6 is 0 Å². The largest absolute Gasteiger partial charge is 0.480 e. The number of carbonyl (C=O) groups excluding carboxylic acids is 2. The summed E-state index contributed by atoms with van der Waals surface area (Å²) in [6.45, 7) is 4.87. The Bertz CT molecular complexity index is 639. The van der Waals surface area contributed by atoms with Gasteiger partial charge in [-0.25, -0.2) is 9.59 Å². The lowest BCUT2D eigenvalue weighted by Gasteiger charge is -2.29. The number of carbonyl (C=O) groups is 3. The number of ether oxygens (including phenoxy) is 1. The van der Waals surface area contributed by atoms with Gasteiger partial charge >= 0.3 is 12.1 Å². The number of likely N-dealkylation sites (tertiary alicyclic amines) is 1. The van der Waals surface area contributed by atoms with E-state index in [4.69, 9.17) is 4.74 Å². The van der Waals surface area contributed by atoms with E-state index in [1.54, 1.807) is 20.8 Å². The summed E-state index contributed by atoms with van der Waals surface area (Å²) < 4.78 is 5.10. The molecule has 1 heterocycles. The quantitative estimate of drug-likeness (QED) is 0.870. The normalized spacial score (nSPS) is 20.2. The average molecular weight is 348 g/mol. The average Bonchev–Trinajstić information content (AvgIpc) is 2.97. The number of alkyl carbamates (subject to hydrolysis) is 1. The lowest BCUT2D eigenvalue weighted by molar-refractivity contribution is -0.149. The third-order valence-corrected chi connectivity index (χ3v) is 3.93. The van der Waals surface area contributed by atoms with Crippen LogP contribution in [-0.4, -0.2) is 46.2 Å². The molecule has 0 aromatic heterocycles. The number of rotatable bonds is 4. The van der Waals surface area contributed by atoms with Gasteiger partial charge in [0, 0.05) is 0 Å². The second-order valence-corrected chi connectivity index (χ2v) is 7.01. The summed E-state index contributed by atoms with van der Waals surface area (Å²) in [6.07, 6.45) is 0.245. The molecular formula is C18H24N2O5. The number of nitrogens with zero attached hydrogens (tertiary/aromatic N) is 1. The topological polar surface area (TPSA) is 95.9 Å². The van der Waals surface area contributed by atoms with E-state index in [2.05, 4.69) is 5.32 Å². The summed E-state index contributed by atoms with van der Waals surface area (Å²) >= 11 is 0. The molecule has 2 N–H and O–H groups in total. The highest BCUT2D eigenvalue weighted by atomic mass is 16.6. The van der Waals surface area contributed by atoms with Gasteiger partial charge in [-0.05, 0) is 39.2 Å². The van der Waals surface area contributed by atoms with Crippen molar-refractivity contribution in [3.05, 3.63) is 35.9 Å². The van der Waals surface area contributed by atoms with Crippen LogP contribution < -0.4 is 5.32 Å². The highest BCUT2D eigenvalue weighted by Gasteiger charge is 2.41. The maximum Gasteiger partial charge on any atom is 0.408 e. The standard InChI is InChI=1S/C18H24N2O5/c1-18(2,3)25-17(24)19-11-15(21)20-13(9-10-14(20)16(22)23)12-7-5-4-6-8-12/h4-8,13-14H,9-11H2,1-3H3,(H,19,24)(H,22,23)/t13-,14+/m1/s1. The summed E-state index contributed by atoms with van der Waals surface area (Å²) in [5.74, 6) is -1.48. The van der Waals surface area contributed by atoms with Gasteiger partial charge in [0.25, 0.3) is 0 Å². The molecule has 2 atom stereocenters. The zero-order chi connectivity index (χ0) is 18.6. The molecule has 2 rings (SSSR count). The van der Waals surface area contributed by atoms with E-state index in [1.807, 2.05) is 30.3 Å². The Labute approximate surface area is 147 Å². The van der Waals surface area contributed by atoms with Crippen molar-refractivity contribution in [3.63, 3.8) is 0 Å². The smallest absolute Gasteiger partial charge is 0.408 e. The number of aliphatic carboxylic acids is 1. The highest BCUT2D eigenvalue weighted by Crippen LogP contribution is 2.36. The molecule has 7 nitrogen and oxygen atoms in total. The molecule has 1 aliphatic rings. The molecule has 1 fully saturated rings. The van der Waals surface area contributed by atoms with Crippen molar-refractivity contribution in [3.8, 4) is 0 Å². The zero-order valence-corrected chi connectivity index (χ0v) is 14.7. The van der Waals surface area contributed by atoms with Crippen LogP contribution in [0.25, 0.3) is 0 Å². The van der Waals surface area contributed by atoms with Crippen molar-refractivity contribution in [2.24, 2.45) is 0 Å². The minimum Gasteiger partial charge on any atom is -0.480 e. The van der Waals surface area contributed by atoms with Crippen LogP contribution in [0, 0.1) is 0 Å². The Hall–Kier alpha value is -2.57. The number of hydrogen-bond acceptors (Lipinski definition) is 4. The van der Waals surface area contributed by atoms with Crippen LogP contribution in [0.2, 0.25) is 0 Å². The van der Waals surface area contributed by atoms with Crippen molar-refractivity contribution in [1.82, 2.24) is 10.2 Å². The SMILES string of the molecule is CC(C)(C)OC(=O)NCC(=O)N1[C@@H](c2ccccc2)CC[C@H]1C(=O)O. The van der Waals surface area contributed by atoms with Gasteiger partial charge in [0.05, 0.1) is 6.04 Å². The van der Waals surface area contributed by atoms with Gasteiger partial charge in [-0.2, -0.15) is 0 Å². The van der Waals surface area contributed by atoms with E-state index in [9.17, 15) is 19.5 Å². The van der Waals surface area contributed by atoms with Gasteiger partial charge in [-0.1, -0.05) is 30.3 Å².